The number of hydrogen-bond donors (Lipinski definition) is 2. The summed E-state index contributed by atoms with van der Waals surface area (Å²) in [6.45, 7) is 4.76. The van der Waals surface area contributed by atoms with E-state index in [1.807, 2.05) is 12.1 Å². The van der Waals surface area contributed by atoms with Crippen molar-refractivity contribution in [2.24, 2.45) is 0 Å². The molecule has 1 atom stereocenters. The fourth-order valence-electron chi connectivity index (χ4n) is 1.65. The molecule has 0 spiro atoms. The summed E-state index contributed by atoms with van der Waals surface area (Å²) in [6.07, 6.45) is 6.25. The molecule has 4 heteroatoms. The van der Waals surface area contributed by atoms with Crippen molar-refractivity contribution >= 4 is 0 Å². The van der Waals surface area contributed by atoms with Gasteiger partial charge in [0.1, 0.15) is 0 Å². The van der Waals surface area contributed by atoms with E-state index < -0.39 is 6.10 Å². The van der Waals surface area contributed by atoms with Crippen LogP contribution in [0.15, 0.2) is 24.5 Å². The summed E-state index contributed by atoms with van der Waals surface area (Å²) in [6, 6.07) is 4.03. The molecule has 1 unspecified atom stereocenters. The van der Waals surface area contributed by atoms with E-state index in [1.165, 1.54) is 5.56 Å². The van der Waals surface area contributed by atoms with Crippen molar-refractivity contribution in [2.45, 2.75) is 32.3 Å². The summed E-state index contributed by atoms with van der Waals surface area (Å²) in [5.41, 5.74) is 1.28. The molecule has 0 bridgehead atoms. The number of hydrogen-bond acceptors (Lipinski definition) is 4. The molecule has 0 saturated heterocycles. The van der Waals surface area contributed by atoms with Crippen molar-refractivity contribution in [3.05, 3.63) is 30.1 Å². The number of aliphatic hydroxyl groups is 1. The highest BCUT2D eigenvalue weighted by atomic mass is 16.5. The van der Waals surface area contributed by atoms with Crippen LogP contribution >= 0.6 is 0 Å². The van der Waals surface area contributed by atoms with Crippen LogP contribution in [0, 0.1) is 0 Å². The van der Waals surface area contributed by atoms with Crippen LogP contribution in [-0.4, -0.2) is 42.5 Å². The van der Waals surface area contributed by atoms with Crippen LogP contribution in [0.1, 0.15) is 25.3 Å². The van der Waals surface area contributed by atoms with Crippen molar-refractivity contribution in [3.8, 4) is 0 Å². The van der Waals surface area contributed by atoms with Crippen molar-refractivity contribution in [1.29, 1.82) is 0 Å². The number of aliphatic hydroxyl groups excluding tert-OH is 1. The monoisotopic (exact) mass is 252 g/mol. The maximum absolute atomic E-state index is 9.60. The number of aryl methyl sites for hydroxylation is 1. The predicted octanol–water partition coefficient (Wildman–Crippen LogP) is 1.39. The van der Waals surface area contributed by atoms with E-state index in [4.69, 9.17) is 4.74 Å². The Morgan fingerprint density at radius 3 is 2.89 bits per heavy atom. The highest BCUT2D eigenvalue weighted by Gasteiger charge is 2.02. The van der Waals surface area contributed by atoms with E-state index in [0.29, 0.717) is 19.8 Å². The molecule has 1 aromatic rings. The summed E-state index contributed by atoms with van der Waals surface area (Å²) in [5, 5.41) is 12.8. The van der Waals surface area contributed by atoms with Crippen molar-refractivity contribution in [3.63, 3.8) is 0 Å². The first-order chi connectivity index (χ1) is 8.83. The summed E-state index contributed by atoms with van der Waals surface area (Å²) in [4.78, 5) is 3.98. The van der Waals surface area contributed by atoms with Gasteiger partial charge < -0.3 is 15.2 Å². The third-order valence-corrected chi connectivity index (χ3v) is 2.62. The summed E-state index contributed by atoms with van der Waals surface area (Å²) in [5.74, 6) is 0. The fourth-order valence-corrected chi connectivity index (χ4v) is 1.65. The summed E-state index contributed by atoms with van der Waals surface area (Å²) < 4.78 is 5.44. The molecular formula is C14H24N2O2. The van der Waals surface area contributed by atoms with Crippen LogP contribution in [0.4, 0.5) is 0 Å². The summed E-state index contributed by atoms with van der Waals surface area (Å²) in [7, 11) is 0. The van der Waals surface area contributed by atoms with Gasteiger partial charge in [-0.15, -0.1) is 0 Å². The van der Waals surface area contributed by atoms with Gasteiger partial charge in [0.15, 0.2) is 0 Å². The smallest absolute Gasteiger partial charge is 0.0897 e. The first kappa shape index (κ1) is 15.1. The predicted molar refractivity (Wildman–Crippen MR) is 72.5 cm³/mol. The van der Waals surface area contributed by atoms with Gasteiger partial charge in [-0.2, -0.15) is 0 Å². The number of rotatable bonds is 10. The second kappa shape index (κ2) is 10.00. The minimum atomic E-state index is -0.405. The lowest BCUT2D eigenvalue weighted by Crippen LogP contribution is -2.30. The number of aromatic nitrogens is 1. The molecule has 1 rings (SSSR count). The normalized spacial score (nSPS) is 12.6. The highest BCUT2D eigenvalue weighted by molar-refractivity contribution is 5.09. The Morgan fingerprint density at radius 2 is 2.17 bits per heavy atom. The molecule has 0 amide bonds. The number of pyridine rings is 1. The standard InChI is InChI=1S/C14H24N2O2/c1-2-7-16-11-14(17)12-18-10-3-4-13-5-8-15-9-6-13/h5-6,8-9,14,16-17H,2-4,7,10-12H2,1H3. The van der Waals surface area contributed by atoms with Gasteiger partial charge in [-0.05, 0) is 43.5 Å². The van der Waals surface area contributed by atoms with Crippen LogP contribution < -0.4 is 5.32 Å². The first-order valence-electron chi connectivity index (χ1n) is 6.68. The third-order valence-electron chi connectivity index (χ3n) is 2.62. The summed E-state index contributed by atoms with van der Waals surface area (Å²) >= 11 is 0. The van der Waals surface area contributed by atoms with E-state index in [9.17, 15) is 5.11 Å². The van der Waals surface area contributed by atoms with Gasteiger partial charge in [0.2, 0.25) is 0 Å². The molecule has 1 heterocycles. The lowest BCUT2D eigenvalue weighted by Gasteiger charge is -2.11. The van der Waals surface area contributed by atoms with Crippen LogP contribution in [0.25, 0.3) is 0 Å². The van der Waals surface area contributed by atoms with Crippen LogP contribution in [-0.2, 0) is 11.2 Å². The molecule has 0 fully saturated rings. The maximum Gasteiger partial charge on any atom is 0.0897 e. The number of nitrogens with one attached hydrogen (secondary N) is 1. The average Bonchev–Trinajstić information content (AvgIpc) is 2.40. The average molecular weight is 252 g/mol. The molecule has 0 aromatic carbocycles. The Kier molecular flexibility index (Phi) is 8.38. The van der Waals surface area contributed by atoms with Gasteiger partial charge in [-0.25, -0.2) is 0 Å². The second-order valence-corrected chi connectivity index (χ2v) is 4.39. The molecule has 0 radical (unpaired) electrons. The zero-order valence-electron chi connectivity index (χ0n) is 11.1. The molecule has 4 nitrogen and oxygen atoms in total. The molecule has 102 valence electrons. The number of nitrogens with zero attached hydrogens (tertiary/aromatic N) is 1. The van der Waals surface area contributed by atoms with Crippen LogP contribution in [0.3, 0.4) is 0 Å². The minimum absolute atomic E-state index is 0.405. The maximum atomic E-state index is 9.60. The second-order valence-electron chi connectivity index (χ2n) is 4.39. The molecule has 1 aromatic heterocycles. The largest absolute Gasteiger partial charge is 0.389 e. The zero-order chi connectivity index (χ0) is 13.1. The van der Waals surface area contributed by atoms with Gasteiger partial charge in [-0.1, -0.05) is 6.92 Å². The first-order valence-corrected chi connectivity index (χ1v) is 6.68. The van der Waals surface area contributed by atoms with Crippen molar-refractivity contribution < 1.29 is 9.84 Å². The van der Waals surface area contributed by atoms with Gasteiger partial charge in [0, 0.05) is 25.5 Å². The molecule has 0 aliphatic carbocycles. The molecular weight excluding hydrogens is 228 g/mol. The topological polar surface area (TPSA) is 54.4 Å². The van der Waals surface area contributed by atoms with E-state index in [2.05, 4.69) is 17.2 Å². The lowest BCUT2D eigenvalue weighted by atomic mass is 10.1. The van der Waals surface area contributed by atoms with E-state index in [1.54, 1.807) is 12.4 Å². The SMILES string of the molecule is CCCNCC(O)COCCCc1ccncc1. The molecule has 18 heavy (non-hydrogen) atoms. The van der Waals surface area contributed by atoms with Gasteiger partial charge in [-0.3, -0.25) is 4.98 Å². The molecule has 0 aliphatic rings. The Hall–Kier alpha value is -0.970. The fraction of sp³-hybridized carbons (Fsp3) is 0.643. The van der Waals surface area contributed by atoms with Crippen molar-refractivity contribution in [2.75, 3.05) is 26.3 Å². The van der Waals surface area contributed by atoms with Crippen LogP contribution in [0.2, 0.25) is 0 Å². The third kappa shape index (κ3) is 7.37. The Morgan fingerprint density at radius 1 is 1.39 bits per heavy atom. The van der Waals surface area contributed by atoms with Crippen LogP contribution in [0.5, 0.6) is 0 Å². The Balaban J connectivity index is 1.95. The highest BCUT2D eigenvalue weighted by Crippen LogP contribution is 2.00. The van der Waals surface area contributed by atoms with Gasteiger partial charge >= 0.3 is 0 Å². The molecule has 0 aliphatic heterocycles. The quantitative estimate of drug-likeness (QED) is 0.618. The van der Waals surface area contributed by atoms with Crippen molar-refractivity contribution in [1.82, 2.24) is 10.3 Å². The molecule has 2 N–H and O–H groups in total. The van der Waals surface area contributed by atoms with E-state index >= 15 is 0 Å². The van der Waals surface area contributed by atoms with Gasteiger partial charge in [0.25, 0.3) is 0 Å². The minimum Gasteiger partial charge on any atom is -0.389 e. The Bertz CT molecular complexity index is 293. The Labute approximate surface area is 109 Å². The van der Waals surface area contributed by atoms with E-state index in [-0.39, 0.29) is 0 Å². The lowest BCUT2D eigenvalue weighted by molar-refractivity contribution is 0.0363. The zero-order valence-corrected chi connectivity index (χ0v) is 11.1. The molecule has 0 saturated carbocycles. The number of ether oxygens (including phenoxy) is 1. The van der Waals surface area contributed by atoms with Gasteiger partial charge in [0.05, 0.1) is 12.7 Å². The van der Waals surface area contributed by atoms with E-state index in [0.717, 1.165) is 25.8 Å².